The van der Waals surface area contributed by atoms with Crippen molar-refractivity contribution in [3.8, 4) is 16.9 Å². The Bertz CT molecular complexity index is 1560. The maximum atomic E-state index is 13.1. The van der Waals surface area contributed by atoms with Crippen LogP contribution in [0, 0.1) is 5.92 Å². The van der Waals surface area contributed by atoms with Crippen molar-refractivity contribution >= 4 is 46.8 Å². The van der Waals surface area contributed by atoms with Crippen molar-refractivity contribution in [3.05, 3.63) is 88.6 Å². The number of hydrogen-bond acceptors (Lipinski definition) is 6. The number of amides is 2. The van der Waals surface area contributed by atoms with Crippen molar-refractivity contribution < 1.29 is 9.59 Å². The SMILES string of the molecule is CC1C=CCC(NC(=O)C=Cc2cc(Cl)ccc2-n2cnnn2)c2nc(c(Cl)[nH]2)-c2ccccc2NC(=O)C1. The number of aromatic amines is 1. The second kappa shape index (κ2) is 11.6. The summed E-state index contributed by atoms with van der Waals surface area (Å²) in [4.78, 5) is 33.5. The number of nitrogens with zero attached hydrogens (tertiary/aromatic N) is 5. The summed E-state index contributed by atoms with van der Waals surface area (Å²) in [5, 5.41) is 18.0. The van der Waals surface area contributed by atoms with E-state index in [0.717, 1.165) is 0 Å². The van der Waals surface area contributed by atoms with Crippen molar-refractivity contribution in [1.29, 1.82) is 0 Å². The quantitative estimate of drug-likeness (QED) is 0.233. The summed E-state index contributed by atoms with van der Waals surface area (Å²) >= 11 is 12.7. The Kier molecular flexibility index (Phi) is 7.85. The summed E-state index contributed by atoms with van der Waals surface area (Å²) in [5.41, 5.74) is 3.10. The van der Waals surface area contributed by atoms with Gasteiger partial charge in [-0.15, -0.1) is 5.10 Å². The molecule has 39 heavy (non-hydrogen) atoms. The number of para-hydroxylation sites is 1. The molecule has 2 aromatic heterocycles. The van der Waals surface area contributed by atoms with E-state index in [0.29, 0.717) is 57.0 Å². The lowest BCUT2D eigenvalue weighted by Gasteiger charge is -2.14. The number of hydrogen-bond donors (Lipinski definition) is 3. The van der Waals surface area contributed by atoms with E-state index in [9.17, 15) is 9.59 Å². The molecule has 12 heteroatoms. The molecular weight excluding hydrogens is 539 g/mol. The van der Waals surface area contributed by atoms with Crippen LogP contribution in [0.3, 0.4) is 0 Å². The fraction of sp³-hybridized carbons (Fsp3) is 0.185. The number of nitrogens with one attached hydrogen (secondary N) is 3. The number of carbonyl (C=O) groups is 2. The number of allylic oxidation sites excluding steroid dienone is 1. The predicted molar refractivity (Wildman–Crippen MR) is 149 cm³/mol. The van der Waals surface area contributed by atoms with Gasteiger partial charge in [-0.2, -0.15) is 4.68 Å². The topological polar surface area (TPSA) is 130 Å². The van der Waals surface area contributed by atoms with Crippen LogP contribution in [-0.2, 0) is 9.59 Å². The summed E-state index contributed by atoms with van der Waals surface area (Å²) in [5.74, 6) is 0.0330. The fourth-order valence-corrected chi connectivity index (χ4v) is 4.70. The maximum Gasteiger partial charge on any atom is 0.244 e. The highest BCUT2D eigenvalue weighted by Gasteiger charge is 2.22. The number of tetrazole rings is 1. The van der Waals surface area contributed by atoms with Crippen molar-refractivity contribution in [1.82, 2.24) is 35.5 Å². The molecule has 2 aromatic carbocycles. The molecule has 198 valence electrons. The molecule has 1 aliphatic rings. The van der Waals surface area contributed by atoms with Gasteiger partial charge in [-0.05, 0) is 53.1 Å². The third-order valence-corrected chi connectivity index (χ3v) is 6.63. The largest absolute Gasteiger partial charge is 0.342 e. The van der Waals surface area contributed by atoms with Gasteiger partial charge < -0.3 is 15.6 Å². The Labute approximate surface area is 234 Å². The van der Waals surface area contributed by atoms with Gasteiger partial charge >= 0.3 is 0 Å². The Balaban J connectivity index is 1.44. The number of carbonyl (C=O) groups excluding carboxylic acids is 2. The van der Waals surface area contributed by atoms with E-state index in [1.807, 2.05) is 43.3 Å². The number of H-pyrrole nitrogens is 1. The van der Waals surface area contributed by atoms with Crippen LogP contribution in [0.1, 0.15) is 37.2 Å². The van der Waals surface area contributed by atoms with Gasteiger partial charge in [-0.1, -0.05) is 60.5 Å². The molecule has 5 rings (SSSR count). The van der Waals surface area contributed by atoms with Crippen LogP contribution in [0.4, 0.5) is 5.69 Å². The fourth-order valence-electron chi connectivity index (χ4n) is 4.28. The molecule has 10 nitrogen and oxygen atoms in total. The maximum absolute atomic E-state index is 13.1. The minimum atomic E-state index is -0.508. The Morgan fingerprint density at radius 3 is 2.87 bits per heavy atom. The smallest absolute Gasteiger partial charge is 0.244 e. The van der Waals surface area contributed by atoms with Crippen LogP contribution >= 0.6 is 23.2 Å². The summed E-state index contributed by atoms with van der Waals surface area (Å²) < 4.78 is 1.49. The van der Waals surface area contributed by atoms with Gasteiger partial charge in [0.2, 0.25) is 11.8 Å². The molecule has 1 aliphatic heterocycles. The molecule has 4 aromatic rings. The predicted octanol–water partition coefficient (Wildman–Crippen LogP) is 5.15. The first-order chi connectivity index (χ1) is 18.9. The van der Waals surface area contributed by atoms with Crippen LogP contribution in [0.5, 0.6) is 0 Å². The number of imidazole rings is 1. The van der Waals surface area contributed by atoms with E-state index in [4.69, 9.17) is 28.2 Å². The van der Waals surface area contributed by atoms with Gasteiger partial charge in [0.05, 0.1) is 17.4 Å². The van der Waals surface area contributed by atoms with E-state index in [2.05, 4.69) is 31.1 Å². The Morgan fingerprint density at radius 1 is 1.21 bits per heavy atom. The summed E-state index contributed by atoms with van der Waals surface area (Å²) in [6.07, 6.45) is 9.14. The number of benzene rings is 2. The van der Waals surface area contributed by atoms with Gasteiger partial charge in [0, 0.05) is 28.6 Å². The Hall–Kier alpha value is -4.28. The minimum absolute atomic E-state index is 0.00317. The molecule has 2 atom stereocenters. The Morgan fingerprint density at radius 2 is 2.05 bits per heavy atom. The second-order valence-corrected chi connectivity index (χ2v) is 9.89. The van der Waals surface area contributed by atoms with E-state index >= 15 is 0 Å². The van der Waals surface area contributed by atoms with E-state index < -0.39 is 6.04 Å². The molecule has 0 saturated carbocycles. The lowest BCUT2D eigenvalue weighted by Crippen LogP contribution is -2.27. The molecule has 0 aliphatic carbocycles. The molecule has 2 unspecified atom stereocenters. The lowest BCUT2D eigenvalue weighted by molar-refractivity contribution is -0.117. The van der Waals surface area contributed by atoms with Crippen molar-refractivity contribution in [2.24, 2.45) is 5.92 Å². The van der Waals surface area contributed by atoms with Crippen LogP contribution < -0.4 is 10.6 Å². The number of fused-ring (bicyclic) bond motifs is 4. The third-order valence-electron chi connectivity index (χ3n) is 6.12. The minimum Gasteiger partial charge on any atom is -0.342 e. The molecule has 3 heterocycles. The molecule has 2 amide bonds. The number of halogens is 2. The molecule has 0 radical (unpaired) electrons. The van der Waals surface area contributed by atoms with Gasteiger partial charge in [0.25, 0.3) is 0 Å². The summed E-state index contributed by atoms with van der Waals surface area (Å²) in [6.45, 7) is 1.96. The molecule has 0 spiro atoms. The van der Waals surface area contributed by atoms with Gasteiger partial charge in [0.15, 0.2) is 0 Å². The number of aromatic nitrogens is 6. The van der Waals surface area contributed by atoms with Crippen molar-refractivity contribution in [3.63, 3.8) is 0 Å². The zero-order chi connectivity index (χ0) is 27.4. The van der Waals surface area contributed by atoms with Crippen LogP contribution in [0.2, 0.25) is 10.2 Å². The molecule has 0 saturated heterocycles. The average molecular weight is 563 g/mol. The first-order valence-corrected chi connectivity index (χ1v) is 13.0. The van der Waals surface area contributed by atoms with E-state index in [1.165, 1.54) is 17.1 Å². The number of rotatable bonds is 4. The normalized spacial score (nSPS) is 17.6. The monoisotopic (exact) mass is 562 g/mol. The molecule has 0 fully saturated rings. The first-order valence-electron chi connectivity index (χ1n) is 12.2. The van der Waals surface area contributed by atoms with Crippen molar-refractivity contribution in [2.75, 3.05) is 5.32 Å². The van der Waals surface area contributed by atoms with Gasteiger partial charge in [-0.3, -0.25) is 9.59 Å². The van der Waals surface area contributed by atoms with Crippen LogP contribution in [0.15, 0.2) is 67.0 Å². The van der Waals surface area contributed by atoms with Crippen LogP contribution in [0.25, 0.3) is 23.0 Å². The first kappa shape index (κ1) is 26.3. The second-order valence-electron chi connectivity index (χ2n) is 9.08. The van der Waals surface area contributed by atoms with E-state index in [-0.39, 0.29) is 17.7 Å². The van der Waals surface area contributed by atoms with E-state index in [1.54, 1.807) is 24.3 Å². The third kappa shape index (κ3) is 6.24. The molecular formula is C27H24Cl2N8O2. The average Bonchev–Trinajstić information content (AvgIpc) is 3.57. The van der Waals surface area contributed by atoms with Crippen LogP contribution in [-0.4, -0.2) is 42.0 Å². The summed E-state index contributed by atoms with van der Waals surface area (Å²) in [7, 11) is 0. The highest BCUT2D eigenvalue weighted by atomic mass is 35.5. The molecule has 2 bridgehead atoms. The molecule has 3 N–H and O–H groups in total. The lowest BCUT2D eigenvalue weighted by atomic mass is 10.0. The zero-order valence-electron chi connectivity index (χ0n) is 20.8. The summed E-state index contributed by atoms with van der Waals surface area (Å²) in [6, 6.07) is 12.0. The van der Waals surface area contributed by atoms with Gasteiger partial charge in [0.1, 0.15) is 23.0 Å². The zero-order valence-corrected chi connectivity index (χ0v) is 22.3. The highest BCUT2D eigenvalue weighted by molar-refractivity contribution is 6.32. The van der Waals surface area contributed by atoms with Crippen molar-refractivity contribution in [2.45, 2.75) is 25.8 Å². The number of anilines is 1. The highest BCUT2D eigenvalue weighted by Crippen LogP contribution is 2.34. The van der Waals surface area contributed by atoms with Gasteiger partial charge in [-0.25, -0.2) is 4.98 Å². The standard InChI is InChI=1S/C27H24Cl2N8O2/c1-16-5-4-8-21(27-33-25(26(29)34-27)19-6-2-3-7-20(19)31-24(39)13-16)32-23(38)12-9-17-14-18(28)10-11-22(17)37-15-30-35-36-37/h2-7,9-12,14-16,21H,8,13H2,1H3,(H,31,39)(H,32,38)(H,33,34).